The number of nitrogens with two attached hydrogens (primary N) is 1. The molecule has 17 heavy (non-hydrogen) atoms. The zero-order chi connectivity index (χ0) is 12.2. The van der Waals surface area contributed by atoms with E-state index in [2.05, 4.69) is 5.32 Å². The van der Waals surface area contributed by atoms with E-state index in [0.29, 0.717) is 6.07 Å². The molecule has 0 heterocycles. The lowest BCUT2D eigenvalue weighted by Gasteiger charge is -2.61. The van der Waals surface area contributed by atoms with Gasteiger partial charge in [-0.3, -0.25) is 4.79 Å². The van der Waals surface area contributed by atoms with Crippen LogP contribution in [0.3, 0.4) is 0 Å². The molecule has 0 radical (unpaired) electrons. The first-order chi connectivity index (χ1) is 7.99. The molecule has 1 amide bonds. The molecule has 0 aromatic heterocycles. The van der Waals surface area contributed by atoms with E-state index >= 15 is 0 Å². The van der Waals surface area contributed by atoms with Gasteiger partial charge in [-0.2, -0.15) is 0 Å². The van der Waals surface area contributed by atoms with Gasteiger partial charge in [0.2, 0.25) is 0 Å². The second kappa shape index (κ2) is 3.18. The molecule has 3 aliphatic carbocycles. The molecule has 3 N–H and O–H groups in total. The van der Waals surface area contributed by atoms with Gasteiger partial charge < -0.3 is 11.1 Å². The molecule has 90 valence electrons. The van der Waals surface area contributed by atoms with E-state index in [1.54, 1.807) is 0 Å². The van der Waals surface area contributed by atoms with Crippen LogP contribution in [0.25, 0.3) is 0 Å². The van der Waals surface area contributed by atoms with E-state index in [4.69, 9.17) is 5.73 Å². The monoisotopic (exact) mass is 238 g/mol. The molecule has 1 aromatic rings. The van der Waals surface area contributed by atoms with Crippen LogP contribution < -0.4 is 11.1 Å². The molecule has 3 aliphatic rings. The van der Waals surface area contributed by atoms with Crippen molar-refractivity contribution in [2.45, 2.75) is 24.8 Å². The normalized spacial score (nSPS) is 29.2. The van der Waals surface area contributed by atoms with Crippen LogP contribution in [0.1, 0.15) is 29.6 Å². The Morgan fingerprint density at radius 1 is 1.29 bits per heavy atom. The molecule has 4 rings (SSSR count). The summed E-state index contributed by atoms with van der Waals surface area (Å²) in [4.78, 5) is 11.8. The molecule has 2 bridgehead atoms. The van der Waals surface area contributed by atoms with Crippen molar-refractivity contribution in [2.75, 3.05) is 5.73 Å². The van der Waals surface area contributed by atoms with Crippen LogP contribution in [-0.2, 0) is 0 Å². The second-order valence-corrected chi connectivity index (χ2v) is 5.07. The van der Waals surface area contributed by atoms with Crippen molar-refractivity contribution in [1.82, 2.24) is 5.32 Å². The van der Waals surface area contributed by atoms with Crippen LogP contribution in [0.5, 0.6) is 0 Å². The third kappa shape index (κ3) is 1.49. The molecule has 0 unspecified atom stereocenters. The van der Waals surface area contributed by atoms with Gasteiger partial charge in [0.15, 0.2) is 0 Å². The number of carbonyl (C=O) groups excluding carboxylic acids is 1. The minimum atomic E-state index is -0.874. The van der Waals surface area contributed by atoms with Gasteiger partial charge in [0.1, 0.15) is 11.6 Å². The van der Waals surface area contributed by atoms with Gasteiger partial charge in [0.25, 0.3) is 5.91 Å². The first-order valence-electron chi connectivity index (χ1n) is 5.56. The first-order valence-corrected chi connectivity index (χ1v) is 5.56. The van der Waals surface area contributed by atoms with Crippen LogP contribution >= 0.6 is 0 Å². The number of nitrogens with one attached hydrogen (secondary N) is 1. The number of rotatable bonds is 2. The third-order valence-corrected chi connectivity index (χ3v) is 3.75. The molecule has 0 atom stereocenters. The Labute approximate surface area is 97.0 Å². The molecule has 3 nitrogen and oxygen atoms in total. The summed E-state index contributed by atoms with van der Waals surface area (Å²) < 4.78 is 26.4. The second-order valence-electron chi connectivity index (χ2n) is 5.07. The average molecular weight is 238 g/mol. The van der Waals surface area contributed by atoms with E-state index in [-0.39, 0.29) is 16.8 Å². The van der Waals surface area contributed by atoms with Crippen molar-refractivity contribution < 1.29 is 13.6 Å². The maximum absolute atomic E-state index is 13.4. The number of benzene rings is 1. The first kappa shape index (κ1) is 10.5. The lowest BCUT2D eigenvalue weighted by atomic mass is 9.50. The zero-order valence-electron chi connectivity index (χ0n) is 9.09. The highest BCUT2D eigenvalue weighted by Crippen LogP contribution is 2.57. The van der Waals surface area contributed by atoms with Gasteiger partial charge in [-0.05, 0) is 31.2 Å². The Hall–Kier alpha value is -1.65. The minimum absolute atomic E-state index is 0.128. The fourth-order valence-electron chi connectivity index (χ4n) is 2.68. The SMILES string of the molecule is Nc1cc(C(=O)NC23CC(C2)C3)c(F)cc1F. The van der Waals surface area contributed by atoms with Gasteiger partial charge >= 0.3 is 0 Å². The smallest absolute Gasteiger partial charge is 0.254 e. The molecular formula is C12H12F2N2O. The Morgan fingerprint density at radius 3 is 2.47 bits per heavy atom. The van der Waals surface area contributed by atoms with Crippen LogP contribution in [0, 0.1) is 17.6 Å². The predicted octanol–water partition coefficient (Wildman–Crippen LogP) is 1.83. The molecule has 3 saturated carbocycles. The highest BCUT2D eigenvalue weighted by atomic mass is 19.1. The lowest BCUT2D eigenvalue weighted by molar-refractivity contribution is -0.0439. The van der Waals surface area contributed by atoms with Crippen LogP contribution in [-0.4, -0.2) is 11.4 Å². The summed E-state index contributed by atoms with van der Waals surface area (Å²) in [7, 11) is 0. The summed E-state index contributed by atoms with van der Waals surface area (Å²) in [5.41, 5.74) is 4.80. The average Bonchev–Trinajstić information content (AvgIpc) is 2.15. The maximum Gasteiger partial charge on any atom is 0.254 e. The summed E-state index contributed by atoms with van der Waals surface area (Å²) in [5, 5.41) is 2.81. The highest BCUT2D eigenvalue weighted by Gasteiger charge is 2.57. The van der Waals surface area contributed by atoms with E-state index in [0.717, 1.165) is 31.2 Å². The quantitative estimate of drug-likeness (QED) is 0.772. The van der Waals surface area contributed by atoms with E-state index < -0.39 is 17.5 Å². The minimum Gasteiger partial charge on any atom is -0.396 e. The number of nitrogen functional groups attached to an aromatic ring is 1. The number of halogens is 2. The number of hydrogen-bond acceptors (Lipinski definition) is 2. The van der Waals surface area contributed by atoms with E-state index in [1.165, 1.54) is 0 Å². The molecule has 0 saturated heterocycles. The van der Waals surface area contributed by atoms with Crippen LogP contribution in [0.4, 0.5) is 14.5 Å². The van der Waals surface area contributed by atoms with Crippen molar-refractivity contribution in [3.63, 3.8) is 0 Å². The van der Waals surface area contributed by atoms with E-state index in [1.807, 2.05) is 0 Å². The largest absolute Gasteiger partial charge is 0.396 e. The van der Waals surface area contributed by atoms with Gasteiger partial charge in [0, 0.05) is 11.6 Å². The van der Waals surface area contributed by atoms with Crippen molar-refractivity contribution in [2.24, 2.45) is 5.92 Å². The number of hydrogen-bond donors (Lipinski definition) is 2. The topological polar surface area (TPSA) is 55.1 Å². The van der Waals surface area contributed by atoms with E-state index in [9.17, 15) is 13.6 Å². The number of amides is 1. The number of carbonyl (C=O) groups is 1. The van der Waals surface area contributed by atoms with Gasteiger partial charge in [-0.15, -0.1) is 0 Å². The fourth-order valence-corrected chi connectivity index (χ4v) is 2.68. The van der Waals surface area contributed by atoms with Crippen LogP contribution in [0.15, 0.2) is 12.1 Å². The standard InChI is InChI=1S/C12H12F2N2O/c13-8-2-9(14)10(15)1-7(8)11(17)16-12-3-6(4-12)5-12/h1-2,6H,3-5,15H2,(H,16,17). The predicted molar refractivity (Wildman–Crippen MR) is 58.3 cm³/mol. The molecule has 1 aromatic carbocycles. The highest BCUT2D eigenvalue weighted by molar-refractivity contribution is 5.96. The summed E-state index contributed by atoms with van der Waals surface area (Å²) in [5.74, 6) is -1.50. The zero-order valence-corrected chi connectivity index (χ0v) is 9.09. The molecular weight excluding hydrogens is 226 g/mol. The Morgan fingerprint density at radius 2 is 1.94 bits per heavy atom. The number of anilines is 1. The molecule has 0 spiro atoms. The fraction of sp³-hybridized carbons (Fsp3) is 0.417. The third-order valence-electron chi connectivity index (χ3n) is 3.75. The van der Waals surface area contributed by atoms with Gasteiger partial charge in [-0.25, -0.2) is 8.78 Å². The summed E-state index contributed by atoms with van der Waals surface area (Å²) in [6.07, 6.45) is 2.91. The Kier molecular flexibility index (Phi) is 1.97. The van der Waals surface area contributed by atoms with Crippen molar-refractivity contribution in [3.05, 3.63) is 29.3 Å². The summed E-state index contributed by atoms with van der Waals surface area (Å²) in [6.45, 7) is 0. The summed E-state index contributed by atoms with van der Waals surface area (Å²) >= 11 is 0. The van der Waals surface area contributed by atoms with Gasteiger partial charge in [0.05, 0.1) is 11.3 Å². The summed E-state index contributed by atoms with van der Waals surface area (Å²) in [6, 6.07) is 1.69. The van der Waals surface area contributed by atoms with Crippen molar-refractivity contribution >= 4 is 11.6 Å². The lowest BCUT2D eigenvalue weighted by Crippen LogP contribution is -2.68. The maximum atomic E-state index is 13.4. The molecule has 0 aliphatic heterocycles. The molecule has 5 heteroatoms. The Bertz CT molecular complexity index is 498. The van der Waals surface area contributed by atoms with Crippen LogP contribution in [0.2, 0.25) is 0 Å². The Balaban J connectivity index is 1.83. The van der Waals surface area contributed by atoms with Crippen molar-refractivity contribution in [3.8, 4) is 0 Å². The van der Waals surface area contributed by atoms with Crippen molar-refractivity contribution in [1.29, 1.82) is 0 Å². The molecule has 3 fully saturated rings. The van der Waals surface area contributed by atoms with Gasteiger partial charge in [-0.1, -0.05) is 0 Å².